The first-order chi connectivity index (χ1) is 38.9. The predicted octanol–water partition coefficient (Wildman–Crippen LogP) is 16.6. The van der Waals surface area contributed by atoms with Crippen LogP contribution < -0.4 is 9.30 Å². The van der Waals surface area contributed by atoms with Crippen LogP contribution in [0.2, 0.25) is 0 Å². The molecule has 3 heterocycles. The summed E-state index contributed by atoms with van der Waals surface area (Å²) in [6.45, 7) is 15.8. The van der Waals surface area contributed by atoms with E-state index in [0.29, 0.717) is 28.2 Å². The molecular weight excluding hydrogens is 1070 g/mol. The second-order valence-corrected chi connectivity index (χ2v) is 21.2. The van der Waals surface area contributed by atoms with Crippen LogP contribution in [0.5, 0.6) is 11.5 Å². The number of hydrogen-bond donors (Lipinski definition) is 0. The van der Waals surface area contributed by atoms with Crippen molar-refractivity contribution >= 4 is 32.8 Å². The van der Waals surface area contributed by atoms with Gasteiger partial charge in [-0.1, -0.05) is 188 Å². The third kappa shape index (κ3) is 8.72. The van der Waals surface area contributed by atoms with Crippen molar-refractivity contribution in [3.63, 3.8) is 0 Å². The van der Waals surface area contributed by atoms with Crippen molar-refractivity contribution in [3.05, 3.63) is 223 Å². The average Bonchev–Trinajstić information content (AvgIpc) is 4.23. The Balaban J connectivity index is 0.00000721. The van der Waals surface area contributed by atoms with Crippen molar-refractivity contribution in [2.75, 3.05) is 0 Å². The Morgan fingerprint density at radius 1 is 0.616 bits per heavy atom. The number of imidazole rings is 1. The van der Waals surface area contributed by atoms with Gasteiger partial charge in [-0.05, 0) is 114 Å². The molecular formula is C67H58N4OPt-2. The molecule has 5 nitrogen and oxygen atoms in total. The zero-order valence-electron chi connectivity index (χ0n) is 51.8. The molecule has 8 aromatic carbocycles. The van der Waals surface area contributed by atoms with Crippen molar-refractivity contribution in [1.82, 2.24) is 14.1 Å². The minimum atomic E-state index is -0.574. The summed E-state index contributed by atoms with van der Waals surface area (Å²) in [6.07, 6.45) is 8.62. The van der Waals surface area contributed by atoms with E-state index in [9.17, 15) is 5.48 Å². The fraction of sp³-hybridized carbons (Fsp3) is 0.194. The number of para-hydroxylation sites is 2. The van der Waals surface area contributed by atoms with Crippen LogP contribution in [0.15, 0.2) is 188 Å². The maximum atomic E-state index is 9.24. The van der Waals surface area contributed by atoms with Gasteiger partial charge in [0.1, 0.15) is 5.82 Å². The minimum absolute atomic E-state index is 0. The summed E-state index contributed by atoms with van der Waals surface area (Å²) in [6, 6.07) is 41.1. The quantitative estimate of drug-likeness (QED) is 0.0863. The molecule has 0 bridgehead atoms. The van der Waals surface area contributed by atoms with E-state index in [1.807, 2.05) is 65.4 Å². The van der Waals surface area contributed by atoms with Gasteiger partial charge in [-0.15, -0.1) is 29.7 Å². The molecule has 6 heteroatoms. The van der Waals surface area contributed by atoms with E-state index in [0.717, 1.165) is 63.6 Å². The predicted molar refractivity (Wildman–Crippen MR) is 295 cm³/mol. The molecule has 0 saturated carbocycles. The van der Waals surface area contributed by atoms with Crippen LogP contribution in [0, 0.1) is 18.5 Å². The zero-order chi connectivity index (χ0) is 58.1. The van der Waals surface area contributed by atoms with Crippen LogP contribution in [0.3, 0.4) is 0 Å². The standard InChI is InChI=1S/C67H58N4O.Pt/c1-65(2,3)49-35-38-68-63(41-49)71-59-28-15-14-25-55(59)56-32-31-52(43-61(56)71)72-51-24-16-23-50(42-51)69-44-70(64-53(45-19-10-8-11-20-45)26-17-27-54(64)46-21-12-9-13-22-46)60-34-30-48(40-62(60)69)47-29-33-57-58(39-47)67(6,7)37-18-36-66(57,4)5;/h8-17,19-35,38-41H,18,36-37H2,1-7H3;/q-2;/i8D,9D,10D,11D,12D,13D,19D,20D,21D,22D;. The topological polar surface area (TPSA) is 35.9 Å². The molecule has 11 aromatic rings. The van der Waals surface area contributed by atoms with Crippen LogP contribution in [-0.4, -0.2) is 14.1 Å². The van der Waals surface area contributed by atoms with Gasteiger partial charge in [0, 0.05) is 44.3 Å². The summed E-state index contributed by atoms with van der Waals surface area (Å²) < 4.78 is 101. The average molecular weight is 1140 g/mol. The summed E-state index contributed by atoms with van der Waals surface area (Å²) in [4.78, 5) is 4.85. The molecule has 0 fully saturated rings. The molecule has 1 aliphatic carbocycles. The fourth-order valence-electron chi connectivity index (χ4n) is 10.6. The number of nitrogens with zero attached hydrogens (tertiary/aromatic N) is 4. The Labute approximate surface area is 458 Å². The first kappa shape index (κ1) is 37.4. The van der Waals surface area contributed by atoms with E-state index in [1.54, 1.807) is 28.8 Å². The van der Waals surface area contributed by atoms with Gasteiger partial charge in [-0.3, -0.25) is 4.57 Å². The van der Waals surface area contributed by atoms with Gasteiger partial charge in [0.05, 0.1) is 30.4 Å². The van der Waals surface area contributed by atoms with Crippen molar-refractivity contribution in [3.8, 4) is 62.1 Å². The number of aromatic nitrogens is 4. The summed E-state index contributed by atoms with van der Waals surface area (Å²) in [5.74, 6) is 1.54. The van der Waals surface area contributed by atoms with Crippen LogP contribution in [0.1, 0.15) is 98.1 Å². The van der Waals surface area contributed by atoms with Gasteiger partial charge >= 0.3 is 0 Å². The number of ether oxygens (including phenoxy) is 1. The van der Waals surface area contributed by atoms with Crippen molar-refractivity contribution < 1.29 is 44.1 Å². The Morgan fingerprint density at radius 3 is 2.00 bits per heavy atom. The number of hydrogen-bond acceptors (Lipinski definition) is 2. The first-order valence-electron chi connectivity index (χ1n) is 29.5. The SMILES string of the molecule is [2H]c1c([2H])c([2H])c(-c2cccc(-c3c([2H])c([2H])c([2H])c([2H])c3[2H])c2-[n+]2[c-]n(-c3[c-]c(Oc4[c-]c5c(cc4)c4ccccc4n5-c4cc(C(C)(C)C)ccn4)ccc3)c3cc(-c4ccc5c(c4)C(C)(C)CCCC5(C)C)ccc32)c([2H])c1[2H].[Pt]. The van der Waals surface area contributed by atoms with E-state index in [2.05, 4.69) is 114 Å². The molecule has 1 aliphatic rings. The van der Waals surface area contributed by atoms with E-state index in [1.165, 1.54) is 11.1 Å². The molecule has 0 saturated heterocycles. The monoisotopic (exact) mass is 1140 g/mol. The van der Waals surface area contributed by atoms with Gasteiger partial charge in [-0.2, -0.15) is 18.2 Å². The number of benzene rings is 8. The second-order valence-electron chi connectivity index (χ2n) is 21.2. The molecule has 0 atom stereocenters. The zero-order valence-corrected chi connectivity index (χ0v) is 44.0. The summed E-state index contributed by atoms with van der Waals surface area (Å²) in [7, 11) is 0. The smallest absolute Gasteiger partial charge is 0.268 e. The normalized spacial score (nSPS) is 16.1. The number of rotatable bonds is 8. The van der Waals surface area contributed by atoms with Gasteiger partial charge in [0.2, 0.25) is 0 Å². The molecule has 0 radical (unpaired) electrons. The van der Waals surface area contributed by atoms with Crippen molar-refractivity contribution in [2.45, 2.75) is 84.0 Å². The van der Waals surface area contributed by atoms with Crippen molar-refractivity contribution in [1.29, 1.82) is 0 Å². The van der Waals surface area contributed by atoms with Crippen LogP contribution >= 0.6 is 0 Å². The van der Waals surface area contributed by atoms with Gasteiger partial charge < -0.3 is 13.9 Å². The maximum Gasteiger partial charge on any atom is 0.268 e. The van der Waals surface area contributed by atoms with Gasteiger partial charge in [0.25, 0.3) is 6.33 Å². The Hall–Kier alpha value is -7.33. The summed E-state index contributed by atoms with van der Waals surface area (Å²) >= 11 is 0. The van der Waals surface area contributed by atoms with Crippen LogP contribution in [0.4, 0.5) is 0 Å². The van der Waals surface area contributed by atoms with E-state index >= 15 is 0 Å². The van der Waals surface area contributed by atoms with Crippen molar-refractivity contribution in [2.24, 2.45) is 0 Å². The van der Waals surface area contributed by atoms with Crippen LogP contribution in [-0.2, 0) is 37.3 Å². The van der Waals surface area contributed by atoms with E-state index in [4.69, 9.17) is 17.9 Å². The fourth-order valence-corrected chi connectivity index (χ4v) is 10.6. The first-order valence-corrected chi connectivity index (χ1v) is 24.5. The number of pyridine rings is 1. The number of fused-ring (bicyclic) bond motifs is 5. The van der Waals surface area contributed by atoms with E-state index in [-0.39, 0.29) is 65.3 Å². The second kappa shape index (κ2) is 18.6. The molecule has 3 aromatic heterocycles. The molecule has 0 spiro atoms. The Kier molecular flexibility index (Phi) is 9.54. The summed E-state index contributed by atoms with van der Waals surface area (Å²) in [5.41, 5.74) is 8.99. The third-order valence-electron chi connectivity index (χ3n) is 14.5. The molecule has 12 rings (SSSR count). The largest absolute Gasteiger partial charge is 0.510 e. The van der Waals surface area contributed by atoms with Crippen LogP contribution in [0.25, 0.3) is 83.4 Å². The maximum absolute atomic E-state index is 9.24. The van der Waals surface area contributed by atoms with Gasteiger partial charge in [-0.25, -0.2) is 4.98 Å². The third-order valence-corrected chi connectivity index (χ3v) is 14.5. The summed E-state index contributed by atoms with van der Waals surface area (Å²) in [5, 5.41) is 2.02. The van der Waals surface area contributed by atoms with E-state index < -0.39 is 60.4 Å². The molecule has 0 amide bonds. The Bertz CT molecular complexity index is 4340. The van der Waals surface area contributed by atoms with Gasteiger partial charge in [0.15, 0.2) is 0 Å². The molecule has 73 heavy (non-hydrogen) atoms. The Morgan fingerprint density at radius 2 is 1.27 bits per heavy atom. The molecule has 0 N–H and O–H groups in total. The molecule has 364 valence electrons. The molecule has 0 aliphatic heterocycles. The minimum Gasteiger partial charge on any atom is -0.510 e. The molecule has 0 unspecified atom stereocenters.